The van der Waals surface area contributed by atoms with Crippen LogP contribution in [0.2, 0.25) is 0 Å². The van der Waals surface area contributed by atoms with Gasteiger partial charge in [0.05, 0.1) is 19.4 Å². The lowest BCUT2D eigenvalue weighted by atomic mass is 10.1. The summed E-state index contributed by atoms with van der Waals surface area (Å²) in [5, 5.41) is 0. The number of methoxy groups -OCH3 is 1. The first kappa shape index (κ1) is 22.3. The van der Waals surface area contributed by atoms with Gasteiger partial charge in [0.15, 0.2) is 0 Å². The Morgan fingerprint density at radius 1 is 1.03 bits per heavy atom. The first-order valence-corrected chi connectivity index (χ1v) is 11.9. The summed E-state index contributed by atoms with van der Waals surface area (Å²) in [4.78, 5) is 4.49. The number of ether oxygens (including phenoxy) is 1. The SMILES string of the molecule is COc1ccccc1S(=O)(=O)NCC(c1ccco1)N1CCN(c2ccc(F)cc2)CC1. The Labute approximate surface area is 187 Å². The highest BCUT2D eigenvalue weighted by Crippen LogP contribution is 2.27. The molecule has 0 spiro atoms. The molecule has 1 aliphatic heterocycles. The third-order valence-electron chi connectivity index (χ3n) is 5.64. The summed E-state index contributed by atoms with van der Waals surface area (Å²) in [5.74, 6) is 0.734. The molecule has 0 radical (unpaired) electrons. The second-order valence-corrected chi connectivity index (χ2v) is 9.27. The molecule has 9 heteroatoms. The summed E-state index contributed by atoms with van der Waals surface area (Å²) >= 11 is 0. The molecule has 0 bridgehead atoms. The van der Waals surface area contributed by atoms with Crippen molar-refractivity contribution in [3.8, 4) is 5.75 Å². The lowest BCUT2D eigenvalue weighted by Crippen LogP contribution is -2.49. The molecule has 1 fully saturated rings. The van der Waals surface area contributed by atoms with Crippen LogP contribution in [0.3, 0.4) is 0 Å². The van der Waals surface area contributed by atoms with Crippen molar-refractivity contribution in [2.45, 2.75) is 10.9 Å². The summed E-state index contributed by atoms with van der Waals surface area (Å²) in [6.45, 7) is 3.05. The average Bonchev–Trinajstić information content (AvgIpc) is 3.35. The summed E-state index contributed by atoms with van der Waals surface area (Å²) in [6, 6.07) is 16.4. The number of hydrogen-bond donors (Lipinski definition) is 1. The number of sulfonamides is 1. The first-order valence-electron chi connectivity index (χ1n) is 10.4. The van der Waals surface area contributed by atoms with Crippen molar-refractivity contribution in [3.63, 3.8) is 0 Å². The van der Waals surface area contributed by atoms with Gasteiger partial charge in [0.25, 0.3) is 0 Å². The second kappa shape index (κ2) is 9.72. The molecule has 2 heterocycles. The van der Waals surface area contributed by atoms with E-state index in [9.17, 15) is 12.8 Å². The van der Waals surface area contributed by atoms with Gasteiger partial charge in [-0.1, -0.05) is 12.1 Å². The molecular weight excluding hydrogens is 433 g/mol. The molecule has 0 amide bonds. The highest BCUT2D eigenvalue weighted by Gasteiger charge is 2.29. The second-order valence-electron chi connectivity index (χ2n) is 7.53. The van der Waals surface area contributed by atoms with Crippen LogP contribution in [0, 0.1) is 5.82 Å². The van der Waals surface area contributed by atoms with E-state index in [4.69, 9.17) is 9.15 Å². The minimum atomic E-state index is -3.77. The van der Waals surface area contributed by atoms with Crippen LogP contribution < -0.4 is 14.4 Å². The van der Waals surface area contributed by atoms with Gasteiger partial charge in [0.2, 0.25) is 10.0 Å². The van der Waals surface area contributed by atoms with Gasteiger partial charge in [-0.05, 0) is 48.5 Å². The van der Waals surface area contributed by atoms with Gasteiger partial charge in [-0.2, -0.15) is 0 Å². The monoisotopic (exact) mass is 459 g/mol. The normalized spacial score (nSPS) is 16.1. The Morgan fingerprint density at radius 2 is 1.75 bits per heavy atom. The van der Waals surface area contributed by atoms with Gasteiger partial charge in [-0.15, -0.1) is 0 Å². The van der Waals surface area contributed by atoms with Crippen molar-refractivity contribution in [1.82, 2.24) is 9.62 Å². The number of nitrogens with one attached hydrogen (secondary N) is 1. The fourth-order valence-corrected chi connectivity index (χ4v) is 5.15. The lowest BCUT2D eigenvalue weighted by Gasteiger charge is -2.39. The topological polar surface area (TPSA) is 75.0 Å². The first-order chi connectivity index (χ1) is 15.5. The van der Waals surface area contributed by atoms with Crippen molar-refractivity contribution < 1.29 is 22.0 Å². The molecule has 32 heavy (non-hydrogen) atoms. The summed E-state index contributed by atoms with van der Waals surface area (Å²) in [6.07, 6.45) is 1.59. The van der Waals surface area contributed by atoms with Gasteiger partial charge >= 0.3 is 0 Å². The zero-order valence-corrected chi connectivity index (χ0v) is 18.6. The maximum atomic E-state index is 13.2. The van der Waals surface area contributed by atoms with Crippen LogP contribution in [0.25, 0.3) is 0 Å². The molecule has 170 valence electrons. The minimum Gasteiger partial charge on any atom is -0.495 e. The lowest BCUT2D eigenvalue weighted by molar-refractivity contribution is 0.166. The number of hydrogen-bond acceptors (Lipinski definition) is 6. The summed E-state index contributed by atoms with van der Waals surface area (Å²) in [5.41, 5.74) is 0.970. The summed E-state index contributed by atoms with van der Waals surface area (Å²) < 4.78 is 52.7. The van der Waals surface area contributed by atoms with Crippen LogP contribution in [0.5, 0.6) is 5.75 Å². The standard InChI is InChI=1S/C23H26FN3O4S/c1-30-22-5-2-3-7-23(22)32(28,29)25-17-20(21-6-4-16-31-21)27-14-12-26(13-15-27)19-10-8-18(24)9-11-19/h2-11,16,20,25H,12-15,17H2,1H3. The number of para-hydroxylation sites is 1. The van der Waals surface area contributed by atoms with E-state index in [0.29, 0.717) is 24.6 Å². The van der Waals surface area contributed by atoms with E-state index in [1.807, 2.05) is 6.07 Å². The van der Waals surface area contributed by atoms with E-state index in [1.165, 1.54) is 25.3 Å². The van der Waals surface area contributed by atoms with Crippen LogP contribution in [0.15, 0.2) is 76.2 Å². The fourth-order valence-electron chi connectivity index (χ4n) is 3.94. The molecule has 0 aliphatic carbocycles. The van der Waals surface area contributed by atoms with E-state index in [1.54, 1.807) is 42.7 Å². The van der Waals surface area contributed by atoms with Crippen LogP contribution in [-0.2, 0) is 10.0 Å². The number of piperazine rings is 1. The number of furan rings is 1. The molecule has 1 saturated heterocycles. The molecule has 2 aromatic carbocycles. The predicted molar refractivity (Wildman–Crippen MR) is 120 cm³/mol. The molecular formula is C23H26FN3O4S. The van der Waals surface area contributed by atoms with Gasteiger partial charge in [0, 0.05) is 38.4 Å². The van der Waals surface area contributed by atoms with Crippen LogP contribution in [0.4, 0.5) is 10.1 Å². The number of anilines is 1. The number of nitrogens with zero attached hydrogens (tertiary/aromatic N) is 2. The Bertz CT molecular complexity index is 1110. The molecule has 4 rings (SSSR count). The number of halogens is 1. The number of rotatable bonds is 8. The molecule has 1 N–H and O–H groups in total. The van der Waals surface area contributed by atoms with E-state index < -0.39 is 10.0 Å². The third kappa shape index (κ3) is 4.95. The van der Waals surface area contributed by atoms with Gasteiger partial charge < -0.3 is 14.1 Å². The third-order valence-corrected chi connectivity index (χ3v) is 7.11. The van der Waals surface area contributed by atoms with Crippen LogP contribution in [-0.4, -0.2) is 53.2 Å². The fraction of sp³-hybridized carbons (Fsp3) is 0.304. The van der Waals surface area contributed by atoms with Gasteiger partial charge in [-0.3, -0.25) is 4.90 Å². The molecule has 3 aromatic rings. The largest absolute Gasteiger partial charge is 0.495 e. The van der Waals surface area contributed by atoms with E-state index in [-0.39, 0.29) is 23.3 Å². The highest BCUT2D eigenvalue weighted by molar-refractivity contribution is 7.89. The summed E-state index contributed by atoms with van der Waals surface area (Å²) in [7, 11) is -2.33. The minimum absolute atomic E-state index is 0.0989. The Balaban J connectivity index is 1.46. The zero-order valence-electron chi connectivity index (χ0n) is 17.8. The molecule has 1 atom stereocenters. The Kier molecular flexibility index (Phi) is 6.78. The van der Waals surface area contributed by atoms with Crippen LogP contribution in [0.1, 0.15) is 11.8 Å². The van der Waals surface area contributed by atoms with Crippen LogP contribution >= 0.6 is 0 Å². The molecule has 1 aliphatic rings. The van der Waals surface area contributed by atoms with Crippen molar-refractivity contribution >= 4 is 15.7 Å². The highest BCUT2D eigenvalue weighted by atomic mass is 32.2. The Morgan fingerprint density at radius 3 is 2.41 bits per heavy atom. The number of benzene rings is 2. The maximum absolute atomic E-state index is 13.2. The van der Waals surface area contributed by atoms with Crippen molar-refractivity contribution in [1.29, 1.82) is 0 Å². The zero-order chi connectivity index (χ0) is 22.6. The Hall–Kier alpha value is -2.88. The smallest absolute Gasteiger partial charge is 0.244 e. The molecule has 0 saturated carbocycles. The van der Waals surface area contributed by atoms with Crippen molar-refractivity contribution in [3.05, 3.63) is 78.5 Å². The van der Waals surface area contributed by atoms with Gasteiger partial charge in [-0.25, -0.2) is 17.5 Å². The van der Waals surface area contributed by atoms with Crippen molar-refractivity contribution in [2.24, 2.45) is 0 Å². The van der Waals surface area contributed by atoms with E-state index >= 15 is 0 Å². The van der Waals surface area contributed by atoms with E-state index in [0.717, 1.165) is 18.8 Å². The average molecular weight is 460 g/mol. The van der Waals surface area contributed by atoms with Gasteiger partial charge in [0.1, 0.15) is 22.2 Å². The maximum Gasteiger partial charge on any atom is 0.244 e. The molecule has 1 unspecified atom stereocenters. The van der Waals surface area contributed by atoms with E-state index in [2.05, 4.69) is 14.5 Å². The van der Waals surface area contributed by atoms with Crippen molar-refractivity contribution in [2.75, 3.05) is 44.7 Å². The quantitative estimate of drug-likeness (QED) is 0.557. The predicted octanol–water partition coefficient (Wildman–Crippen LogP) is 3.27. The molecule has 7 nitrogen and oxygen atoms in total. The molecule has 1 aromatic heterocycles.